The highest BCUT2D eigenvalue weighted by Crippen LogP contribution is 2.45. The van der Waals surface area contributed by atoms with Crippen molar-refractivity contribution in [2.75, 3.05) is 25.9 Å². The molecule has 1 aliphatic carbocycles. The summed E-state index contributed by atoms with van der Waals surface area (Å²) in [5, 5.41) is 0. The molecule has 43 heavy (non-hydrogen) atoms. The van der Waals surface area contributed by atoms with Crippen molar-refractivity contribution in [3.63, 3.8) is 0 Å². The van der Waals surface area contributed by atoms with Crippen molar-refractivity contribution in [2.45, 2.75) is 63.1 Å². The Hall–Kier alpha value is -2.71. The average Bonchev–Trinajstić information content (AvgIpc) is 3.28. The third-order valence-corrected chi connectivity index (χ3v) is 8.75. The molecule has 1 N–H and O–H groups in total. The number of ether oxygens (including phenoxy) is 1. The van der Waals surface area contributed by atoms with Gasteiger partial charge in [0.25, 0.3) is 0 Å². The number of rotatable bonds is 8. The zero-order chi connectivity index (χ0) is 31.7. The summed E-state index contributed by atoms with van der Waals surface area (Å²) in [4.78, 5) is 14.4. The van der Waals surface area contributed by atoms with Crippen LogP contribution in [0.2, 0.25) is 0 Å². The van der Waals surface area contributed by atoms with Gasteiger partial charge in [-0.1, -0.05) is 12.1 Å². The molecular formula is C29H33F7N2O4S. The smallest absolute Gasteiger partial charge is 0.370 e. The summed E-state index contributed by atoms with van der Waals surface area (Å²) < 4.78 is 125. The molecule has 4 atom stereocenters. The van der Waals surface area contributed by atoms with Crippen LogP contribution in [0.15, 0.2) is 42.5 Å². The Morgan fingerprint density at radius 1 is 0.953 bits per heavy atom. The molecular weight excluding hydrogens is 605 g/mol. The number of amides is 1. The highest BCUT2D eigenvalue weighted by molar-refractivity contribution is 7.89. The molecule has 1 unspecified atom stereocenters. The van der Waals surface area contributed by atoms with Gasteiger partial charge in [0.05, 0.1) is 29.6 Å². The number of likely N-dealkylation sites (tertiary alicyclic amines) is 1. The Morgan fingerprint density at radius 2 is 1.51 bits per heavy atom. The Balaban J connectivity index is 1.51. The van der Waals surface area contributed by atoms with E-state index in [0.29, 0.717) is 57.5 Å². The van der Waals surface area contributed by atoms with E-state index < -0.39 is 63.4 Å². The first-order valence-corrected chi connectivity index (χ1v) is 15.7. The van der Waals surface area contributed by atoms with Crippen LogP contribution < -0.4 is 4.72 Å². The van der Waals surface area contributed by atoms with E-state index in [0.717, 1.165) is 11.8 Å². The highest BCUT2D eigenvalue weighted by Gasteiger charge is 2.41. The van der Waals surface area contributed by atoms with Gasteiger partial charge in [0.15, 0.2) is 0 Å². The Kier molecular flexibility index (Phi) is 9.82. The van der Waals surface area contributed by atoms with Crippen LogP contribution in [0.4, 0.5) is 30.7 Å². The predicted molar refractivity (Wildman–Crippen MR) is 144 cm³/mol. The minimum atomic E-state index is -4.98. The van der Waals surface area contributed by atoms with Crippen LogP contribution in [0.3, 0.4) is 0 Å². The summed E-state index contributed by atoms with van der Waals surface area (Å²) in [5.41, 5.74) is -2.34. The van der Waals surface area contributed by atoms with Gasteiger partial charge < -0.3 is 9.64 Å². The largest absolute Gasteiger partial charge is 0.416 e. The third kappa shape index (κ3) is 8.69. The zero-order valence-electron chi connectivity index (χ0n) is 23.5. The van der Waals surface area contributed by atoms with Gasteiger partial charge >= 0.3 is 12.4 Å². The summed E-state index contributed by atoms with van der Waals surface area (Å²) >= 11 is 0. The summed E-state index contributed by atoms with van der Waals surface area (Å²) in [5.74, 6) is -1.80. The number of carbonyl (C=O) groups excluding carboxylic acids is 1. The zero-order valence-corrected chi connectivity index (χ0v) is 24.3. The first-order valence-electron chi connectivity index (χ1n) is 13.8. The molecule has 2 aliphatic rings. The van der Waals surface area contributed by atoms with Crippen LogP contribution >= 0.6 is 0 Å². The fraction of sp³-hybridized carbons (Fsp3) is 0.552. The van der Waals surface area contributed by atoms with Gasteiger partial charge in [-0.2, -0.15) is 26.3 Å². The maximum Gasteiger partial charge on any atom is 0.416 e. The van der Waals surface area contributed by atoms with Crippen LogP contribution in [0.5, 0.6) is 0 Å². The third-order valence-electron chi connectivity index (χ3n) is 8.18. The number of nitrogens with one attached hydrogen (secondary N) is 1. The maximum absolute atomic E-state index is 13.8. The van der Waals surface area contributed by atoms with Gasteiger partial charge in [0, 0.05) is 18.4 Å². The summed E-state index contributed by atoms with van der Waals surface area (Å²) in [6.07, 6.45) is -8.69. The van der Waals surface area contributed by atoms with Crippen molar-refractivity contribution in [3.8, 4) is 0 Å². The number of halogens is 7. The fourth-order valence-corrected chi connectivity index (χ4v) is 6.63. The van der Waals surface area contributed by atoms with Crippen LogP contribution in [-0.4, -0.2) is 51.2 Å². The molecule has 1 saturated carbocycles. The number of sulfonamides is 1. The van der Waals surface area contributed by atoms with Gasteiger partial charge in [0.2, 0.25) is 15.9 Å². The summed E-state index contributed by atoms with van der Waals surface area (Å²) in [6.45, 7) is 3.04. The SMILES string of the molecule is CC(O[C@H]1CC[C@@H](CN2CCC(C(=O)NS(C)(=O)=O)CC2)[C@@H]1c1ccc(F)cc1)c1cc(C(F)(F)F)cc(C(F)(F)F)c1. The number of piperidine rings is 1. The van der Waals surface area contributed by atoms with E-state index in [1.54, 1.807) is 12.1 Å². The normalized spacial score (nSPS) is 23.3. The van der Waals surface area contributed by atoms with Crippen molar-refractivity contribution in [3.05, 3.63) is 70.5 Å². The molecule has 0 spiro atoms. The lowest BCUT2D eigenvalue weighted by Gasteiger charge is -2.35. The molecule has 0 aromatic heterocycles. The Bertz CT molecular complexity index is 1360. The number of carbonyl (C=O) groups is 1. The number of hydrogen-bond donors (Lipinski definition) is 1. The van der Waals surface area contributed by atoms with Crippen molar-refractivity contribution in [1.82, 2.24) is 9.62 Å². The fourth-order valence-electron chi connectivity index (χ4n) is 6.10. The second kappa shape index (κ2) is 12.7. The molecule has 2 aromatic rings. The maximum atomic E-state index is 13.8. The summed E-state index contributed by atoms with van der Waals surface area (Å²) in [6, 6.07) is 7.21. The van der Waals surface area contributed by atoms with E-state index in [4.69, 9.17) is 4.74 Å². The monoisotopic (exact) mass is 638 g/mol. The second-order valence-corrected chi connectivity index (χ2v) is 13.1. The lowest BCUT2D eigenvalue weighted by atomic mass is 9.86. The van der Waals surface area contributed by atoms with Crippen LogP contribution in [-0.2, 0) is 31.9 Å². The first-order chi connectivity index (χ1) is 19.9. The molecule has 2 fully saturated rings. The molecule has 14 heteroatoms. The molecule has 6 nitrogen and oxygen atoms in total. The van der Waals surface area contributed by atoms with Crippen molar-refractivity contribution < 1.29 is 48.7 Å². The van der Waals surface area contributed by atoms with Gasteiger partial charge in [-0.25, -0.2) is 12.8 Å². The van der Waals surface area contributed by atoms with E-state index >= 15 is 0 Å². The quantitative estimate of drug-likeness (QED) is 0.344. The Morgan fingerprint density at radius 3 is 2.02 bits per heavy atom. The molecule has 0 radical (unpaired) electrons. The van der Waals surface area contributed by atoms with Crippen molar-refractivity contribution in [1.29, 1.82) is 0 Å². The van der Waals surface area contributed by atoms with E-state index in [1.807, 2.05) is 4.72 Å². The van der Waals surface area contributed by atoms with E-state index in [1.165, 1.54) is 19.1 Å². The molecule has 1 heterocycles. The molecule has 4 rings (SSSR count). The molecule has 2 aromatic carbocycles. The van der Waals surface area contributed by atoms with Gasteiger partial charge in [-0.15, -0.1) is 0 Å². The average molecular weight is 639 g/mol. The highest BCUT2D eigenvalue weighted by atomic mass is 32.2. The number of hydrogen-bond acceptors (Lipinski definition) is 5. The molecule has 1 saturated heterocycles. The van der Waals surface area contributed by atoms with E-state index in [-0.39, 0.29) is 23.5 Å². The number of alkyl halides is 6. The second-order valence-electron chi connectivity index (χ2n) is 11.4. The topological polar surface area (TPSA) is 75.7 Å². The van der Waals surface area contributed by atoms with Gasteiger partial charge in [-0.05, 0) is 93.1 Å². The number of benzene rings is 2. The van der Waals surface area contributed by atoms with Crippen molar-refractivity contribution >= 4 is 15.9 Å². The molecule has 0 bridgehead atoms. The standard InChI is InChI=1S/C29H33F7N2O4S/c1-17(21-13-22(28(31,32)33)15-23(14-21)29(34,35)36)42-25-8-5-20(26(25)18-3-6-24(30)7-4-18)16-38-11-9-19(10-12-38)27(39)37-43(2,40)41/h3-4,6-7,13-15,17,19-20,25-26H,5,8-12,16H2,1-2H3,(H,37,39)/t17?,20-,25-,26-/m0/s1. The van der Waals surface area contributed by atoms with Crippen LogP contribution in [0, 0.1) is 17.7 Å². The predicted octanol–water partition coefficient (Wildman–Crippen LogP) is 6.29. The summed E-state index contributed by atoms with van der Waals surface area (Å²) in [7, 11) is -3.67. The van der Waals surface area contributed by atoms with E-state index in [9.17, 15) is 43.9 Å². The molecule has 1 aliphatic heterocycles. The van der Waals surface area contributed by atoms with Gasteiger partial charge in [0.1, 0.15) is 5.82 Å². The van der Waals surface area contributed by atoms with E-state index in [2.05, 4.69) is 4.90 Å². The number of nitrogens with zero attached hydrogens (tertiary/aromatic N) is 1. The molecule has 238 valence electrons. The Labute approximate surface area is 245 Å². The lowest BCUT2D eigenvalue weighted by Crippen LogP contribution is -2.43. The minimum Gasteiger partial charge on any atom is -0.370 e. The van der Waals surface area contributed by atoms with Gasteiger partial charge in [-0.3, -0.25) is 9.52 Å². The lowest BCUT2D eigenvalue weighted by molar-refractivity contribution is -0.143. The first kappa shape index (κ1) is 33.2. The van der Waals surface area contributed by atoms with Crippen LogP contribution in [0.1, 0.15) is 66.9 Å². The van der Waals surface area contributed by atoms with Crippen molar-refractivity contribution in [2.24, 2.45) is 11.8 Å². The molecule has 1 amide bonds. The minimum absolute atomic E-state index is 0.0312. The van der Waals surface area contributed by atoms with Crippen LogP contribution in [0.25, 0.3) is 0 Å².